The second kappa shape index (κ2) is 5.36. The van der Waals surface area contributed by atoms with Crippen LogP contribution in [-0.2, 0) is 5.88 Å². The third-order valence-electron chi connectivity index (χ3n) is 5.00. The summed E-state index contributed by atoms with van der Waals surface area (Å²) in [5.74, 6) is 4.39. The summed E-state index contributed by atoms with van der Waals surface area (Å²) in [5.41, 5.74) is 3.63. The maximum Gasteiger partial charge on any atom is 0.125 e. The number of halogens is 1. The van der Waals surface area contributed by atoms with Crippen molar-refractivity contribution < 1.29 is 4.74 Å². The maximum atomic E-state index is 6.16. The van der Waals surface area contributed by atoms with Crippen LogP contribution in [-0.4, -0.2) is 6.61 Å². The van der Waals surface area contributed by atoms with Gasteiger partial charge in [0.15, 0.2) is 0 Å². The van der Waals surface area contributed by atoms with Crippen molar-refractivity contribution in [3.05, 3.63) is 28.8 Å². The molecule has 0 aliphatic heterocycles. The molecule has 2 aliphatic carbocycles. The van der Waals surface area contributed by atoms with Gasteiger partial charge in [-0.25, -0.2) is 0 Å². The van der Waals surface area contributed by atoms with Crippen LogP contribution in [0.25, 0.3) is 0 Å². The van der Waals surface area contributed by atoms with E-state index in [0.717, 1.165) is 30.1 Å². The Hall–Kier alpha value is -0.690. The van der Waals surface area contributed by atoms with Gasteiger partial charge in [0.1, 0.15) is 5.75 Å². The standard InChI is InChI=1S/C17H23ClO/c1-11-5-14(9-18)6-12(2)17(11)19-10-16-8-13-3-4-15(16)7-13/h5-6,13,15-16H,3-4,7-10H2,1-2H3. The van der Waals surface area contributed by atoms with Gasteiger partial charge in [0.2, 0.25) is 0 Å². The number of aryl methyl sites for hydroxylation is 2. The fraction of sp³-hybridized carbons (Fsp3) is 0.647. The van der Waals surface area contributed by atoms with Gasteiger partial charge >= 0.3 is 0 Å². The smallest absolute Gasteiger partial charge is 0.125 e. The quantitative estimate of drug-likeness (QED) is 0.715. The Balaban J connectivity index is 1.67. The number of hydrogen-bond acceptors (Lipinski definition) is 1. The first-order valence-corrected chi connectivity index (χ1v) is 7.99. The first-order valence-electron chi connectivity index (χ1n) is 7.46. The zero-order valence-electron chi connectivity index (χ0n) is 11.9. The number of alkyl halides is 1. The van der Waals surface area contributed by atoms with Gasteiger partial charge in [0, 0.05) is 5.88 Å². The molecule has 2 fully saturated rings. The molecule has 1 nitrogen and oxygen atoms in total. The van der Waals surface area contributed by atoms with Gasteiger partial charge in [-0.1, -0.05) is 18.6 Å². The number of hydrogen-bond donors (Lipinski definition) is 0. The van der Waals surface area contributed by atoms with Gasteiger partial charge in [-0.2, -0.15) is 0 Å². The van der Waals surface area contributed by atoms with Gasteiger partial charge in [0.05, 0.1) is 6.61 Å². The van der Waals surface area contributed by atoms with Crippen LogP contribution in [0, 0.1) is 31.6 Å². The normalized spacial score (nSPS) is 28.9. The fourth-order valence-corrected chi connectivity index (χ4v) is 4.27. The Morgan fingerprint density at radius 2 is 1.89 bits per heavy atom. The molecule has 0 spiro atoms. The molecule has 2 bridgehead atoms. The molecule has 2 heteroatoms. The Morgan fingerprint density at radius 1 is 1.16 bits per heavy atom. The Morgan fingerprint density at radius 3 is 2.42 bits per heavy atom. The van der Waals surface area contributed by atoms with Crippen LogP contribution in [0.2, 0.25) is 0 Å². The van der Waals surface area contributed by atoms with Gasteiger partial charge in [-0.05, 0) is 67.6 Å². The third-order valence-corrected chi connectivity index (χ3v) is 5.31. The number of benzene rings is 1. The summed E-state index contributed by atoms with van der Waals surface area (Å²) in [6, 6.07) is 4.30. The maximum absolute atomic E-state index is 6.16. The molecule has 19 heavy (non-hydrogen) atoms. The first-order chi connectivity index (χ1) is 9.17. The molecule has 0 saturated heterocycles. The van der Waals surface area contributed by atoms with E-state index in [0.29, 0.717) is 5.88 Å². The average Bonchev–Trinajstić information content (AvgIpc) is 2.99. The molecule has 104 valence electrons. The van der Waals surface area contributed by atoms with Gasteiger partial charge in [-0.3, -0.25) is 0 Å². The fourth-order valence-electron chi connectivity index (χ4n) is 4.12. The second-order valence-electron chi connectivity index (χ2n) is 6.44. The van der Waals surface area contributed by atoms with Crippen molar-refractivity contribution in [2.75, 3.05) is 6.61 Å². The molecule has 0 heterocycles. The predicted molar refractivity (Wildman–Crippen MR) is 79.9 cm³/mol. The highest BCUT2D eigenvalue weighted by molar-refractivity contribution is 6.17. The van der Waals surface area contributed by atoms with E-state index >= 15 is 0 Å². The van der Waals surface area contributed by atoms with E-state index in [1.54, 1.807) is 0 Å². The molecule has 2 aliphatic rings. The molecule has 1 aromatic rings. The molecule has 0 aromatic heterocycles. The molecule has 3 rings (SSSR count). The summed E-state index contributed by atoms with van der Waals surface area (Å²) < 4.78 is 6.16. The summed E-state index contributed by atoms with van der Waals surface area (Å²) in [5, 5.41) is 0. The Labute approximate surface area is 121 Å². The number of fused-ring (bicyclic) bond motifs is 2. The lowest BCUT2D eigenvalue weighted by molar-refractivity contribution is 0.193. The van der Waals surface area contributed by atoms with E-state index in [1.165, 1.54) is 42.4 Å². The van der Waals surface area contributed by atoms with Gasteiger partial charge in [-0.15, -0.1) is 11.6 Å². The third kappa shape index (κ3) is 2.63. The average molecular weight is 279 g/mol. The molecule has 1 aromatic carbocycles. The van der Waals surface area contributed by atoms with Crippen LogP contribution in [0.15, 0.2) is 12.1 Å². The minimum absolute atomic E-state index is 0.578. The molecule has 3 atom stereocenters. The Bertz CT molecular complexity index is 445. The zero-order chi connectivity index (χ0) is 13.4. The van der Waals surface area contributed by atoms with Crippen molar-refractivity contribution in [1.82, 2.24) is 0 Å². The lowest BCUT2D eigenvalue weighted by atomic mass is 9.89. The van der Waals surface area contributed by atoms with E-state index in [1.807, 2.05) is 0 Å². The summed E-state index contributed by atoms with van der Waals surface area (Å²) >= 11 is 5.91. The summed E-state index contributed by atoms with van der Waals surface area (Å²) in [6.45, 7) is 5.15. The minimum Gasteiger partial charge on any atom is -0.493 e. The second-order valence-corrected chi connectivity index (χ2v) is 6.71. The van der Waals surface area contributed by atoms with Crippen LogP contribution < -0.4 is 4.74 Å². The molecule has 0 N–H and O–H groups in total. The zero-order valence-corrected chi connectivity index (χ0v) is 12.7. The lowest BCUT2D eigenvalue weighted by Crippen LogP contribution is -2.19. The van der Waals surface area contributed by atoms with Crippen LogP contribution in [0.5, 0.6) is 5.75 Å². The largest absolute Gasteiger partial charge is 0.493 e. The SMILES string of the molecule is Cc1cc(CCl)cc(C)c1OCC1CC2CCC1C2. The monoisotopic (exact) mass is 278 g/mol. The van der Waals surface area contributed by atoms with Crippen molar-refractivity contribution in [3.63, 3.8) is 0 Å². The first kappa shape index (κ1) is 13.3. The molecule has 0 amide bonds. The van der Waals surface area contributed by atoms with Crippen LogP contribution >= 0.6 is 11.6 Å². The minimum atomic E-state index is 0.578. The van der Waals surface area contributed by atoms with Crippen molar-refractivity contribution in [1.29, 1.82) is 0 Å². The molecule has 2 saturated carbocycles. The Kier molecular flexibility index (Phi) is 3.75. The van der Waals surface area contributed by atoms with E-state index in [9.17, 15) is 0 Å². The van der Waals surface area contributed by atoms with Crippen molar-refractivity contribution in [3.8, 4) is 5.75 Å². The molecular formula is C17H23ClO. The van der Waals surface area contributed by atoms with E-state index < -0.39 is 0 Å². The van der Waals surface area contributed by atoms with Crippen molar-refractivity contribution in [2.24, 2.45) is 17.8 Å². The summed E-state index contributed by atoms with van der Waals surface area (Å²) in [6.07, 6.45) is 5.74. The highest BCUT2D eigenvalue weighted by atomic mass is 35.5. The van der Waals surface area contributed by atoms with E-state index in [4.69, 9.17) is 16.3 Å². The highest BCUT2D eigenvalue weighted by Gasteiger charge is 2.39. The highest BCUT2D eigenvalue weighted by Crippen LogP contribution is 2.48. The van der Waals surface area contributed by atoms with E-state index in [2.05, 4.69) is 26.0 Å². The molecular weight excluding hydrogens is 256 g/mol. The van der Waals surface area contributed by atoms with Crippen molar-refractivity contribution >= 4 is 11.6 Å². The number of ether oxygens (including phenoxy) is 1. The number of rotatable bonds is 4. The predicted octanol–water partition coefficient (Wildman–Crippen LogP) is 4.86. The van der Waals surface area contributed by atoms with Crippen LogP contribution in [0.4, 0.5) is 0 Å². The van der Waals surface area contributed by atoms with Crippen molar-refractivity contribution in [2.45, 2.75) is 45.4 Å². The topological polar surface area (TPSA) is 9.23 Å². The molecule has 3 unspecified atom stereocenters. The van der Waals surface area contributed by atoms with Crippen LogP contribution in [0.1, 0.15) is 42.4 Å². The molecule has 0 radical (unpaired) electrons. The lowest BCUT2D eigenvalue weighted by Gasteiger charge is -2.23. The van der Waals surface area contributed by atoms with Crippen LogP contribution in [0.3, 0.4) is 0 Å². The summed E-state index contributed by atoms with van der Waals surface area (Å²) in [4.78, 5) is 0. The van der Waals surface area contributed by atoms with Gasteiger partial charge in [0.25, 0.3) is 0 Å². The summed E-state index contributed by atoms with van der Waals surface area (Å²) in [7, 11) is 0. The van der Waals surface area contributed by atoms with E-state index in [-0.39, 0.29) is 0 Å². The van der Waals surface area contributed by atoms with Gasteiger partial charge < -0.3 is 4.74 Å².